The summed E-state index contributed by atoms with van der Waals surface area (Å²) in [6.45, 7) is 0. The van der Waals surface area contributed by atoms with E-state index in [9.17, 15) is 0 Å². The fourth-order valence-electron chi connectivity index (χ4n) is 7.75. The maximum Gasteiger partial charge on any atom is 0.120 e. The van der Waals surface area contributed by atoms with Crippen molar-refractivity contribution in [3.05, 3.63) is 108 Å². The minimum atomic E-state index is -0.772. The van der Waals surface area contributed by atoms with E-state index in [2.05, 4.69) is 90.1 Å². The summed E-state index contributed by atoms with van der Waals surface area (Å²) in [7, 11) is 0. The van der Waals surface area contributed by atoms with Crippen molar-refractivity contribution in [2.45, 2.75) is 31.1 Å². The maximum absolute atomic E-state index is 6.56. The first-order chi connectivity index (χ1) is 17.7. The van der Waals surface area contributed by atoms with Crippen LogP contribution in [0.15, 0.2) is 91.0 Å². The Hall–Kier alpha value is -4.10. The van der Waals surface area contributed by atoms with Crippen LogP contribution in [-0.2, 0) is 5.41 Å². The Labute approximate surface area is 215 Å². The first-order valence-electron chi connectivity index (χ1n) is 12.8. The molecule has 36 heavy (non-hydrogen) atoms. The summed E-state index contributed by atoms with van der Waals surface area (Å²) >= 11 is 0. The van der Waals surface area contributed by atoms with E-state index in [1.54, 1.807) is 0 Å². The van der Waals surface area contributed by atoms with Crippen molar-refractivity contribution in [3.8, 4) is 48.4 Å². The highest BCUT2D eigenvalue weighted by Crippen LogP contribution is 2.75. The van der Waals surface area contributed by atoms with E-state index in [4.69, 9.17) is 12.8 Å². The van der Waals surface area contributed by atoms with Gasteiger partial charge in [0.1, 0.15) is 5.41 Å². The Balaban J connectivity index is 1.70. The molecule has 0 N–H and O–H groups in total. The predicted molar refractivity (Wildman–Crippen MR) is 146 cm³/mol. The third-order valence-electron chi connectivity index (χ3n) is 8.98. The summed E-state index contributed by atoms with van der Waals surface area (Å²) in [5.74, 6) is 22.1. The molecule has 3 aromatic carbocycles. The molecule has 4 aliphatic carbocycles. The molecular formula is C36H28. The van der Waals surface area contributed by atoms with E-state index in [0.29, 0.717) is 11.8 Å². The normalized spacial score (nSPS) is 30.6. The lowest BCUT2D eigenvalue weighted by Gasteiger charge is -2.70. The molecule has 0 radical (unpaired) electrons. The average Bonchev–Trinajstić information content (AvgIpc) is 2.94. The quantitative estimate of drug-likeness (QED) is 0.354. The van der Waals surface area contributed by atoms with Crippen molar-refractivity contribution < 1.29 is 0 Å². The van der Waals surface area contributed by atoms with Gasteiger partial charge in [-0.2, -0.15) is 0 Å². The van der Waals surface area contributed by atoms with E-state index in [1.807, 2.05) is 36.4 Å². The summed E-state index contributed by atoms with van der Waals surface area (Å²) in [5, 5.41) is 0. The van der Waals surface area contributed by atoms with Gasteiger partial charge in [-0.25, -0.2) is 0 Å². The summed E-state index contributed by atoms with van der Waals surface area (Å²) in [6.07, 6.45) is 16.9. The molecule has 5 atom stereocenters. The van der Waals surface area contributed by atoms with E-state index in [1.165, 1.54) is 5.56 Å². The van der Waals surface area contributed by atoms with Crippen LogP contribution in [0.2, 0.25) is 0 Å². The van der Waals surface area contributed by atoms with E-state index < -0.39 is 10.8 Å². The molecule has 5 unspecified atom stereocenters. The Morgan fingerprint density at radius 1 is 0.667 bits per heavy atom. The zero-order valence-corrected chi connectivity index (χ0v) is 20.4. The molecule has 0 nitrogen and oxygen atoms in total. The van der Waals surface area contributed by atoms with Gasteiger partial charge in [-0.3, -0.25) is 0 Å². The van der Waals surface area contributed by atoms with E-state index in [-0.39, 0.29) is 11.3 Å². The maximum atomic E-state index is 6.56. The van der Waals surface area contributed by atoms with Crippen LogP contribution in [-0.4, -0.2) is 0 Å². The van der Waals surface area contributed by atoms with E-state index >= 15 is 0 Å². The fraction of sp³-hybridized carbons (Fsp3) is 0.278. The van der Waals surface area contributed by atoms with Gasteiger partial charge in [0.05, 0.1) is 5.41 Å². The molecule has 0 spiro atoms. The summed E-state index contributed by atoms with van der Waals surface area (Å²) in [6, 6.07) is 31.2. The second-order valence-corrected chi connectivity index (χ2v) is 10.7. The number of rotatable bonds is 1. The molecule has 0 heterocycles. The lowest BCUT2D eigenvalue weighted by molar-refractivity contribution is -0.135. The molecule has 0 amide bonds. The van der Waals surface area contributed by atoms with Crippen molar-refractivity contribution in [2.75, 3.05) is 0 Å². The van der Waals surface area contributed by atoms with Crippen molar-refractivity contribution in [1.29, 1.82) is 0 Å². The van der Waals surface area contributed by atoms with Gasteiger partial charge in [0.2, 0.25) is 0 Å². The SMILES string of the molecule is C#CC1C2CC3CC(c4ccccc4)(C2)C(C#Cc2ccccc2)(C#Cc2ccccc2)C1(C#C)C3. The zero-order valence-electron chi connectivity index (χ0n) is 20.4. The zero-order chi connectivity index (χ0) is 24.6. The first kappa shape index (κ1) is 22.4. The van der Waals surface area contributed by atoms with Crippen LogP contribution in [0.25, 0.3) is 0 Å². The molecule has 0 aliphatic heterocycles. The van der Waals surface area contributed by atoms with Crippen molar-refractivity contribution >= 4 is 0 Å². The average molecular weight is 461 g/mol. The molecule has 0 saturated heterocycles. The smallest absolute Gasteiger partial charge is 0.120 e. The Kier molecular flexibility index (Phi) is 5.30. The second-order valence-electron chi connectivity index (χ2n) is 10.7. The van der Waals surface area contributed by atoms with Gasteiger partial charge < -0.3 is 0 Å². The molecular weight excluding hydrogens is 432 g/mol. The molecule has 0 heteroatoms. The van der Waals surface area contributed by atoms with Crippen molar-refractivity contribution in [3.63, 3.8) is 0 Å². The molecule has 4 saturated carbocycles. The van der Waals surface area contributed by atoms with Gasteiger partial charge >= 0.3 is 0 Å². The topological polar surface area (TPSA) is 0 Å². The van der Waals surface area contributed by atoms with Crippen LogP contribution in [0.1, 0.15) is 42.4 Å². The highest BCUT2D eigenvalue weighted by Gasteiger charge is 2.75. The summed E-state index contributed by atoms with van der Waals surface area (Å²) in [5.41, 5.74) is 1.58. The Bertz CT molecular complexity index is 1420. The molecule has 4 aliphatic rings. The highest BCUT2D eigenvalue weighted by molar-refractivity contribution is 5.56. The lowest BCUT2D eigenvalue weighted by atomic mass is 9.30. The van der Waals surface area contributed by atoms with E-state index in [0.717, 1.165) is 36.8 Å². The third-order valence-corrected chi connectivity index (χ3v) is 8.98. The Morgan fingerprint density at radius 3 is 1.75 bits per heavy atom. The van der Waals surface area contributed by atoms with Crippen LogP contribution in [0, 0.1) is 77.0 Å². The Morgan fingerprint density at radius 2 is 1.22 bits per heavy atom. The molecule has 172 valence electrons. The standard InChI is InChI=1S/C36H28/c1-3-33-31-24-30-25-34(33,4-2)36(22-20-28-14-8-5-9-15-28,23-21-29-16-10-6-11-17-29)35(26-30,27-31)32-18-12-7-13-19-32/h1-2,5-19,30-31,33H,24-27H2. The molecule has 4 bridgehead atoms. The predicted octanol–water partition coefficient (Wildman–Crippen LogP) is 6.72. The number of terminal acetylenes is 2. The molecule has 3 aromatic rings. The summed E-state index contributed by atoms with van der Waals surface area (Å²) < 4.78 is 0. The van der Waals surface area contributed by atoms with Crippen LogP contribution in [0.4, 0.5) is 0 Å². The van der Waals surface area contributed by atoms with Crippen LogP contribution < -0.4 is 0 Å². The lowest BCUT2D eigenvalue weighted by Crippen LogP contribution is -2.69. The summed E-state index contributed by atoms with van der Waals surface area (Å²) in [4.78, 5) is 0. The molecule has 0 aromatic heterocycles. The van der Waals surface area contributed by atoms with Gasteiger partial charge in [0.15, 0.2) is 0 Å². The van der Waals surface area contributed by atoms with Gasteiger partial charge in [-0.05, 0) is 67.3 Å². The second kappa shape index (κ2) is 8.53. The number of benzene rings is 3. The largest absolute Gasteiger partial charge is 0.120 e. The van der Waals surface area contributed by atoms with Crippen molar-refractivity contribution in [2.24, 2.45) is 28.6 Å². The van der Waals surface area contributed by atoms with Crippen molar-refractivity contribution in [1.82, 2.24) is 0 Å². The highest BCUT2D eigenvalue weighted by atomic mass is 14.7. The molecule has 7 rings (SSSR count). The molecule has 4 fully saturated rings. The fourth-order valence-corrected chi connectivity index (χ4v) is 7.75. The number of hydrogen-bond donors (Lipinski definition) is 0. The van der Waals surface area contributed by atoms with Gasteiger partial charge in [-0.1, -0.05) is 96.3 Å². The van der Waals surface area contributed by atoms with Crippen LogP contribution in [0.3, 0.4) is 0 Å². The van der Waals surface area contributed by atoms with Gasteiger partial charge in [0.25, 0.3) is 0 Å². The minimum Gasteiger partial charge on any atom is -0.120 e. The third kappa shape index (κ3) is 3.09. The first-order valence-corrected chi connectivity index (χ1v) is 12.8. The monoisotopic (exact) mass is 460 g/mol. The number of hydrogen-bond acceptors (Lipinski definition) is 0. The van der Waals surface area contributed by atoms with Crippen LogP contribution >= 0.6 is 0 Å². The van der Waals surface area contributed by atoms with Gasteiger partial charge in [-0.15, -0.1) is 18.8 Å². The van der Waals surface area contributed by atoms with Crippen LogP contribution in [0.5, 0.6) is 0 Å². The van der Waals surface area contributed by atoms with Gasteiger partial charge in [0, 0.05) is 22.5 Å². The minimum absolute atomic E-state index is 0.0361.